The lowest BCUT2D eigenvalue weighted by Crippen LogP contribution is -2.44. The first-order valence-corrected chi connectivity index (χ1v) is 7.32. The number of halogens is 2. The number of fused-ring (bicyclic) bond motifs is 1. The zero-order chi connectivity index (χ0) is 16.4. The van der Waals surface area contributed by atoms with Crippen molar-refractivity contribution >= 4 is 11.7 Å². The van der Waals surface area contributed by atoms with Gasteiger partial charge in [0, 0.05) is 6.54 Å². The van der Waals surface area contributed by atoms with E-state index in [1.807, 2.05) is 24.3 Å². The van der Waals surface area contributed by atoms with Crippen LogP contribution in [0.25, 0.3) is 0 Å². The highest BCUT2D eigenvalue weighted by Gasteiger charge is 2.30. The van der Waals surface area contributed by atoms with Crippen LogP contribution >= 0.6 is 0 Å². The number of carbonyl (C=O) groups excluding carboxylic acids is 1. The summed E-state index contributed by atoms with van der Waals surface area (Å²) in [6, 6.07) is 9.74. The van der Waals surface area contributed by atoms with Gasteiger partial charge in [-0.3, -0.25) is 0 Å². The minimum absolute atomic E-state index is 0.260. The number of hydrogen-bond acceptors (Lipinski definition) is 2. The number of nitrogens with one attached hydrogen (secondary N) is 1. The van der Waals surface area contributed by atoms with Gasteiger partial charge in [0.2, 0.25) is 0 Å². The fourth-order valence-electron chi connectivity index (χ4n) is 2.89. The molecule has 0 spiro atoms. The monoisotopic (exact) mass is 318 g/mol. The van der Waals surface area contributed by atoms with E-state index in [-0.39, 0.29) is 6.61 Å². The topological polar surface area (TPSA) is 52.6 Å². The first-order chi connectivity index (χ1) is 11.1. The van der Waals surface area contributed by atoms with E-state index in [9.17, 15) is 18.7 Å². The highest BCUT2D eigenvalue weighted by molar-refractivity contribution is 5.90. The van der Waals surface area contributed by atoms with Gasteiger partial charge in [-0.1, -0.05) is 30.3 Å². The average molecular weight is 318 g/mol. The predicted octanol–water partition coefficient (Wildman–Crippen LogP) is 3.09. The summed E-state index contributed by atoms with van der Waals surface area (Å²) >= 11 is 0. The van der Waals surface area contributed by atoms with Crippen LogP contribution in [0.1, 0.15) is 17.2 Å². The van der Waals surface area contributed by atoms with Crippen molar-refractivity contribution in [2.24, 2.45) is 0 Å². The Bertz CT molecular complexity index is 716. The summed E-state index contributed by atoms with van der Waals surface area (Å²) in [5, 5.41) is 11.9. The van der Waals surface area contributed by atoms with Gasteiger partial charge in [-0.15, -0.1) is 0 Å². The third-order valence-corrected chi connectivity index (χ3v) is 4.04. The minimum atomic E-state index is -0.837. The zero-order valence-corrected chi connectivity index (χ0v) is 12.3. The van der Waals surface area contributed by atoms with E-state index in [0.717, 1.165) is 23.3 Å². The van der Waals surface area contributed by atoms with Crippen LogP contribution in [0.2, 0.25) is 0 Å². The number of amides is 2. The third kappa shape index (κ3) is 2.90. The molecule has 1 aliphatic rings. The molecule has 2 aromatic carbocycles. The molecule has 120 valence electrons. The smallest absolute Gasteiger partial charge is 0.322 e. The molecule has 0 radical (unpaired) electrons. The second kappa shape index (κ2) is 6.34. The van der Waals surface area contributed by atoms with Crippen molar-refractivity contribution in [1.82, 2.24) is 4.90 Å². The van der Waals surface area contributed by atoms with Crippen molar-refractivity contribution in [2.75, 3.05) is 18.5 Å². The van der Waals surface area contributed by atoms with Crippen LogP contribution in [0.4, 0.5) is 19.3 Å². The first kappa shape index (κ1) is 15.4. The molecule has 6 heteroatoms. The van der Waals surface area contributed by atoms with E-state index in [1.165, 1.54) is 11.0 Å². The standard InChI is InChI=1S/C17H16F2N2O2/c18-13-6-3-7-14(19)16(13)20-17(23)21-9-8-11-4-1-2-5-12(11)15(21)10-22/h1-7,15,22H,8-10H2,(H,20,23). The fraction of sp³-hybridized carbons (Fsp3) is 0.235. The number of para-hydroxylation sites is 1. The molecule has 1 heterocycles. The van der Waals surface area contributed by atoms with Crippen LogP contribution in [0.3, 0.4) is 0 Å². The molecular formula is C17H16F2N2O2. The van der Waals surface area contributed by atoms with E-state index >= 15 is 0 Å². The molecule has 0 fully saturated rings. The maximum Gasteiger partial charge on any atom is 0.322 e. The quantitative estimate of drug-likeness (QED) is 0.894. The van der Waals surface area contributed by atoms with Gasteiger partial charge in [-0.05, 0) is 29.7 Å². The van der Waals surface area contributed by atoms with E-state index in [4.69, 9.17) is 0 Å². The molecule has 1 aliphatic heterocycles. The van der Waals surface area contributed by atoms with Gasteiger partial charge in [0.05, 0.1) is 12.6 Å². The van der Waals surface area contributed by atoms with Crippen molar-refractivity contribution in [3.63, 3.8) is 0 Å². The molecule has 0 bridgehead atoms. The zero-order valence-electron chi connectivity index (χ0n) is 12.3. The molecule has 3 rings (SSSR count). The van der Waals surface area contributed by atoms with E-state index in [0.29, 0.717) is 13.0 Å². The Hall–Kier alpha value is -2.47. The molecule has 2 amide bonds. The molecule has 1 unspecified atom stereocenters. The molecular weight excluding hydrogens is 302 g/mol. The van der Waals surface area contributed by atoms with Gasteiger partial charge >= 0.3 is 6.03 Å². The number of aliphatic hydroxyl groups excluding tert-OH is 1. The number of nitrogens with zero attached hydrogens (tertiary/aromatic N) is 1. The van der Waals surface area contributed by atoms with Gasteiger partial charge < -0.3 is 15.3 Å². The Balaban J connectivity index is 1.85. The summed E-state index contributed by atoms with van der Waals surface area (Å²) in [6.45, 7) is 0.105. The van der Waals surface area contributed by atoms with Gasteiger partial charge in [-0.25, -0.2) is 13.6 Å². The molecule has 23 heavy (non-hydrogen) atoms. The van der Waals surface area contributed by atoms with Crippen molar-refractivity contribution < 1.29 is 18.7 Å². The molecule has 0 aromatic heterocycles. The van der Waals surface area contributed by atoms with Crippen molar-refractivity contribution in [1.29, 1.82) is 0 Å². The van der Waals surface area contributed by atoms with Crippen molar-refractivity contribution in [2.45, 2.75) is 12.5 Å². The van der Waals surface area contributed by atoms with Crippen LogP contribution < -0.4 is 5.32 Å². The van der Waals surface area contributed by atoms with Gasteiger partial charge in [0.15, 0.2) is 0 Å². The molecule has 0 aliphatic carbocycles. The lowest BCUT2D eigenvalue weighted by Gasteiger charge is -2.36. The van der Waals surface area contributed by atoms with Crippen LogP contribution in [-0.2, 0) is 6.42 Å². The predicted molar refractivity (Wildman–Crippen MR) is 82.1 cm³/mol. The minimum Gasteiger partial charge on any atom is -0.394 e. The second-order valence-electron chi connectivity index (χ2n) is 5.37. The Kier molecular flexibility index (Phi) is 4.25. The third-order valence-electron chi connectivity index (χ3n) is 4.04. The van der Waals surface area contributed by atoms with Crippen LogP contribution in [0.15, 0.2) is 42.5 Å². The summed E-state index contributed by atoms with van der Waals surface area (Å²) in [5.74, 6) is -1.67. The van der Waals surface area contributed by atoms with E-state index < -0.39 is 29.4 Å². The number of urea groups is 1. The normalized spacial score (nSPS) is 16.8. The second-order valence-corrected chi connectivity index (χ2v) is 5.37. The lowest BCUT2D eigenvalue weighted by atomic mass is 9.93. The summed E-state index contributed by atoms with van der Waals surface area (Å²) in [6.07, 6.45) is 0.625. The number of anilines is 1. The van der Waals surface area contributed by atoms with Crippen molar-refractivity contribution in [3.05, 3.63) is 65.2 Å². The Morgan fingerprint density at radius 1 is 1.17 bits per heavy atom. The summed E-state index contributed by atoms with van der Waals surface area (Å²) < 4.78 is 27.3. The summed E-state index contributed by atoms with van der Waals surface area (Å²) in [5.41, 5.74) is 1.44. The molecule has 2 N–H and O–H groups in total. The first-order valence-electron chi connectivity index (χ1n) is 7.32. The molecule has 0 saturated heterocycles. The summed E-state index contributed by atoms with van der Waals surface area (Å²) in [7, 11) is 0. The maximum absolute atomic E-state index is 13.7. The van der Waals surface area contributed by atoms with Crippen molar-refractivity contribution in [3.8, 4) is 0 Å². The number of hydrogen-bond donors (Lipinski definition) is 2. The molecule has 4 nitrogen and oxygen atoms in total. The molecule has 1 atom stereocenters. The number of aliphatic hydroxyl groups is 1. The fourth-order valence-corrected chi connectivity index (χ4v) is 2.89. The molecule has 0 saturated carbocycles. The van der Waals surface area contributed by atoms with E-state index in [2.05, 4.69) is 5.32 Å². The molecule has 2 aromatic rings. The van der Waals surface area contributed by atoms with Crippen LogP contribution in [-0.4, -0.2) is 29.2 Å². The SMILES string of the molecule is O=C(Nc1c(F)cccc1F)N1CCc2ccccc2C1CO. The number of rotatable bonds is 2. The van der Waals surface area contributed by atoms with Gasteiger partial charge in [0.1, 0.15) is 17.3 Å². The Morgan fingerprint density at radius 3 is 2.57 bits per heavy atom. The van der Waals surface area contributed by atoms with Crippen LogP contribution in [0, 0.1) is 11.6 Å². The average Bonchev–Trinajstić information content (AvgIpc) is 2.57. The largest absolute Gasteiger partial charge is 0.394 e. The van der Waals surface area contributed by atoms with Crippen LogP contribution in [0.5, 0.6) is 0 Å². The highest BCUT2D eigenvalue weighted by Crippen LogP contribution is 2.30. The maximum atomic E-state index is 13.7. The highest BCUT2D eigenvalue weighted by atomic mass is 19.1. The lowest BCUT2D eigenvalue weighted by molar-refractivity contribution is 0.135. The Morgan fingerprint density at radius 2 is 1.87 bits per heavy atom. The Labute approximate surface area is 132 Å². The van der Waals surface area contributed by atoms with Gasteiger partial charge in [-0.2, -0.15) is 0 Å². The van der Waals surface area contributed by atoms with E-state index in [1.54, 1.807) is 0 Å². The summed E-state index contributed by atoms with van der Waals surface area (Å²) in [4.78, 5) is 13.8. The van der Waals surface area contributed by atoms with Gasteiger partial charge in [0.25, 0.3) is 0 Å². The number of benzene rings is 2. The number of carbonyl (C=O) groups is 1.